The van der Waals surface area contributed by atoms with Gasteiger partial charge in [-0.25, -0.2) is 29.5 Å². The van der Waals surface area contributed by atoms with Gasteiger partial charge in [-0.05, 0) is 44.1 Å². The lowest BCUT2D eigenvalue weighted by atomic mass is 9.83. The Kier molecular flexibility index (Phi) is 11.1. The SMILES string of the molecule is COC(=O)N[C@@H](C(=O)N1CCC[C@H]1c1ncc(-c2cnc(-c3ncc(-c4cnc([C@]5(C(=O)[C@H](NC(=O)OC)C(C)C)CCCN5)[nH]4)s3)s2)[nH]1)C(C)C. The van der Waals surface area contributed by atoms with Gasteiger partial charge in [0, 0.05) is 18.9 Å². The molecule has 18 heteroatoms. The minimum Gasteiger partial charge on any atom is -0.453 e. The van der Waals surface area contributed by atoms with Gasteiger partial charge in [0.1, 0.15) is 23.2 Å². The average molecular weight is 753 g/mol. The third-order valence-corrected chi connectivity index (χ3v) is 11.7. The molecule has 278 valence electrons. The number of likely N-dealkylation sites (tertiary alicyclic amines) is 1. The Bertz CT molecular complexity index is 1910. The van der Waals surface area contributed by atoms with E-state index in [1.54, 1.807) is 29.7 Å². The predicted molar refractivity (Wildman–Crippen MR) is 194 cm³/mol. The molecule has 0 unspecified atom stereocenters. The van der Waals surface area contributed by atoms with Crippen LogP contribution in [0, 0.1) is 11.8 Å². The van der Waals surface area contributed by atoms with Crippen LogP contribution in [-0.2, 0) is 24.6 Å². The largest absolute Gasteiger partial charge is 0.453 e. The number of nitrogens with one attached hydrogen (secondary N) is 5. The number of carbonyl (C=O) groups is 4. The number of hydrogen-bond donors (Lipinski definition) is 5. The summed E-state index contributed by atoms with van der Waals surface area (Å²) < 4.78 is 9.53. The van der Waals surface area contributed by atoms with Crippen molar-refractivity contribution in [1.29, 1.82) is 0 Å². The van der Waals surface area contributed by atoms with Gasteiger partial charge in [0.2, 0.25) is 5.91 Å². The Balaban J connectivity index is 1.17. The number of alkyl carbamates (subject to hydrolysis) is 2. The van der Waals surface area contributed by atoms with Gasteiger partial charge >= 0.3 is 12.2 Å². The maximum absolute atomic E-state index is 14.0. The summed E-state index contributed by atoms with van der Waals surface area (Å²) in [6.45, 7) is 8.74. The Hall–Kier alpha value is -4.68. The fourth-order valence-electron chi connectivity index (χ4n) is 6.74. The summed E-state index contributed by atoms with van der Waals surface area (Å²) in [5.41, 5.74) is 0.420. The minimum atomic E-state index is -1.08. The van der Waals surface area contributed by atoms with E-state index in [9.17, 15) is 19.2 Å². The third-order valence-electron chi connectivity index (χ3n) is 9.53. The molecular weight excluding hydrogens is 709 g/mol. The molecule has 0 radical (unpaired) electrons. The molecule has 16 nitrogen and oxygen atoms in total. The lowest BCUT2D eigenvalue weighted by Gasteiger charge is -2.32. The van der Waals surface area contributed by atoms with Crippen molar-refractivity contribution in [2.45, 2.75) is 77.0 Å². The van der Waals surface area contributed by atoms with Gasteiger partial charge in [-0.15, -0.1) is 22.7 Å². The number of rotatable bonds is 12. The van der Waals surface area contributed by atoms with E-state index in [1.165, 1.54) is 36.9 Å². The van der Waals surface area contributed by atoms with Crippen LogP contribution in [0.2, 0.25) is 0 Å². The monoisotopic (exact) mass is 752 g/mol. The molecule has 6 heterocycles. The first-order chi connectivity index (χ1) is 24.9. The van der Waals surface area contributed by atoms with E-state index in [1.807, 2.05) is 27.7 Å². The number of ether oxygens (including phenoxy) is 2. The first-order valence-corrected chi connectivity index (χ1v) is 18.9. The number of Topliss-reactive ketones (excluding diaryl/α,β-unsaturated/α-hetero) is 1. The zero-order chi connectivity index (χ0) is 37.2. The van der Waals surface area contributed by atoms with E-state index in [-0.39, 0.29) is 29.6 Å². The summed E-state index contributed by atoms with van der Waals surface area (Å²) in [6, 6.07) is -1.72. The van der Waals surface area contributed by atoms with E-state index in [2.05, 4.69) is 45.9 Å². The standard InChI is InChI=1S/C34H44N10O6S2/c1-17(2)24(42-32(47)49-5)26(45)34(10-8-11-39-34)31-38-14-20(41-31)23-16-37-29(52-23)28-36-15-22(51-28)19-13-35-27(40-19)21-9-7-12-44(21)30(46)25(18(3)4)43-33(48)50-6/h13-18,21,24-25,39H,7-12H2,1-6H3,(H,35,40)(H,38,41)(H,42,47)(H,43,48)/t21-,24+,25+,34+/m0/s1. The lowest BCUT2D eigenvalue weighted by Crippen LogP contribution is -2.57. The van der Waals surface area contributed by atoms with Gasteiger partial charge in [-0.1, -0.05) is 27.7 Å². The number of imidazole rings is 2. The lowest BCUT2D eigenvalue weighted by molar-refractivity contribution is -0.135. The highest BCUT2D eigenvalue weighted by Crippen LogP contribution is 2.39. The summed E-state index contributed by atoms with van der Waals surface area (Å²) in [6.07, 6.45) is 8.57. The molecule has 2 aliphatic heterocycles. The van der Waals surface area contributed by atoms with Gasteiger partial charge < -0.3 is 35.0 Å². The van der Waals surface area contributed by atoms with Crippen LogP contribution in [0.15, 0.2) is 24.8 Å². The maximum Gasteiger partial charge on any atom is 0.407 e. The molecule has 0 bridgehead atoms. The number of nitrogens with zero attached hydrogens (tertiary/aromatic N) is 5. The molecule has 4 atom stereocenters. The number of aromatic nitrogens is 6. The summed E-state index contributed by atoms with van der Waals surface area (Å²) in [4.78, 5) is 80.3. The Morgan fingerprint density at radius 2 is 1.42 bits per heavy atom. The van der Waals surface area contributed by atoms with Crippen molar-refractivity contribution in [3.8, 4) is 31.2 Å². The van der Waals surface area contributed by atoms with Crippen molar-refractivity contribution in [1.82, 2.24) is 50.8 Å². The Labute approximate surface area is 308 Å². The molecule has 52 heavy (non-hydrogen) atoms. The van der Waals surface area contributed by atoms with Crippen LogP contribution in [0.3, 0.4) is 0 Å². The number of thiazole rings is 2. The van der Waals surface area contributed by atoms with E-state index in [4.69, 9.17) is 9.47 Å². The number of ketones is 1. The second kappa shape index (κ2) is 15.5. The van der Waals surface area contributed by atoms with Crippen molar-refractivity contribution < 1.29 is 28.7 Å². The summed E-state index contributed by atoms with van der Waals surface area (Å²) >= 11 is 2.92. The van der Waals surface area contributed by atoms with Crippen LogP contribution in [0.25, 0.3) is 31.2 Å². The number of carbonyl (C=O) groups excluding carboxylic acids is 4. The number of H-pyrrole nitrogens is 2. The fraction of sp³-hybridized carbons (Fsp3) is 0.529. The van der Waals surface area contributed by atoms with Crippen LogP contribution in [0.5, 0.6) is 0 Å². The molecule has 4 aromatic rings. The molecule has 2 aliphatic rings. The van der Waals surface area contributed by atoms with Crippen LogP contribution >= 0.6 is 22.7 Å². The smallest absolute Gasteiger partial charge is 0.407 e. The van der Waals surface area contributed by atoms with E-state index >= 15 is 0 Å². The topological polar surface area (TPSA) is 209 Å². The maximum atomic E-state index is 14.0. The van der Waals surface area contributed by atoms with E-state index in [0.717, 1.165) is 44.7 Å². The van der Waals surface area contributed by atoms with Gasteiger partial charge in [-0.2, -0.15) is 0 Å². The van der Waals surface area contributed by atoms with Crippen molar-refractivity contribution in [2.75, 3.05) is 27.3 Å². The summed E-state index contributed by atoms with van der Waals surface area (Å²) in [5.74, 6) is 0.545. The average Bonchev–Trinajstić information content (AvgIpc) is 3.98. The Morgan fingerprint density at radius 3 is 2.00 bits per heavy atom. The highest BCUT2D eigenvalue weighted by atomic mass is 32.1. The molecule has 0 aliphatic carbocycles. The van der Waals surface area contributed by atoms with Gasteiger partial charge in [0.05, 0.1) is 59.8 Å². The number of hydrogen-bond acceptors (Lipinski definition) is 13. The second-order valence-corrected chi connectivity index (χ2v) is 15.7. The van der Waals surface area contributed by atoms with E-state index < -0.39 is 29.8 Å². The highest BCUT2D eigenvalue weighted by Gasteiger charge is 2.49. The quantitative estimate of drug-likeness (QED) is 0.135. The van der Waals surface area contributed by atoms with Crippen LogP contribution in [0.4, 0.5) is 9.59 Å². The molecule has 4 aromatic heterocycles. The van der Waals surface area contributed by atoms with Gasteiger partial charge in [0.25, 0.3) is 0 Å². The zero-order valence-corrected chi connectivity index (χ0v) is 31.6. The molecule has 0 saturated carbocycles. The summed E-state index contributed by atoms with van der Waals surface area (Å²) in [5, 5.41) is 10.2. The minimum absolute atomic E-state index is 0.123. The number of methoxy groups -OCH3 is 2. The van der Waals surface area contributed by atoms with Crippen LogP contribution < -0.4 is 16.0 Å². The van der Waals surface area contributed by atoms with Crippen molar-refractivity contribution in [2.24, 2.45) is 11.8 Å². The van der Waals surface area contributed by atoms with Crippen LogP contribution in [-0.4, -0.2) is 98.1 Å². The first kappa shape index (κ1) is 37.1. The Morgan fingerprint density at radius 1 is 0.827 bits per heavy atom. The molecule has 0 aromatic carbocycles. The third kappa shape index (κ3) is 7.31. The fourth-order valence-corrected chi connectivity index (χ4v) is 8.54. The molecular formula is C34H44N10O6S2. The number of amides is 3. The molecule has 2 fully saturated rings. The molecule has 5 N–H and O–H groups in total. The van der Waals surface area contributed by atoms with Crippen molar-refractivity contribution >= 4 is 46.6 Å². The van der Waals surface area contributed by atoms with Crippen molar-refractivity contribution in [3.63, 3.8) is 0 Å². The normalized spacial score (nSPS) is 19.9. The van der Waals surface area contributed by atoms with Crippen molar-refractivity contribution in [3.05, 3.63) is 36.4 Å². The highest BCUT2D eigenvalue weighted by molar-refractivity contribution is 7.24. The predicted octanol–water partition coefficient (Wildman–Crippen LogP) is 4.62. The molecule has 3 amide bonds. The molecule has 2 saturated heterocycles. The summed E-state index contributed by atoms with van der Waals surface area (Å²) in [7, 11) is 2.55. The van der Waals surface area contributed by atoms with Crippen LogP contribution in [0.1, 0.15) is 71.1 Å². The first-order valence-electron chi connectivity index (χ1n) is 17.3. The van der Waals surface area contributed by atoms with Gasteiger partial charge in [-0.3, -0.25) is 14.9 Å². The molecule has 6 rings (SSSR count). The van der Waals surface area contributed by atoms with E-state index in [0.29, 0.717) is 36.9 Å². The van der Waals surface area contributed by atoms with Gasteiger partial charge in [0.15, 0.2) is 15.8 Å². The number of aromatic amines is 2. The molecule has 0 spiro atoms. The second-order valence-electron chi connectivity index (χ2n) is 13.6. The zero-order valence-electron chi connectivity index (χ0n) is 29.9.